The van der Waals surface area contributed by atoms with Crippen LogP contribution in [0.1, 0.15) is 57.8 Å². The smallest absolute Gasteiger partial charge is 0.0766 e. The minimum atomic E-state index is 0.671. The fourth-order valence-corrected chi connectivity index (χ4v) is 3.75. The maximum absolute atomic E-state index is 4.64. The van der Waals surface area contributed by atoms with E-state index in [1.165, 1.54) is 41.5 Å². The molecule has 1 aromatic heterocycles. The van der Waals surface area contributed by atoms with E-state index in [-0.39, 0.29) is 0 Å². The maximum atomic E-state index is 4.64. The van der Waals surface area contributed by atoms with Crippen molar-refractivity contribution in [1.29, 1.82) is 0 Å². The second kappa shape index (κ2) is 8.36. The Morgan fingerprint density at radius 2 is 1.94 bits per heavy atom. The van der Waals surface area contributed by atoms with Crippen LogP contribution in [-0.4, -0.2) is 14.6 Å². The van der Waals surface area contributed by atoms with Crippen LogP contribution >= 0.6 is 31.9 Å². The van der Waals surface area contributed by atoms with Crippen molar-refractivity contribution in [2.75, 3.05) is 0 Å². The topological polar surface area (TPSA) is 17.8 Å². The van der Waals surface area contributed by atoms with Crippen molar-refractivity contribution in [2.24, 2.45) is 0 Å². The van der Waals surface area contributed by atoms with Crippen LogP contribution < -0.4 is 0 Å². The molecule has 1 aromatic rings. The first-order valence-electron chi connectivity index (χ1n) is 7.02. The fraction of sp³-hybridized carbons (Fsp3) is 0.786. The summed E-state index contributed by atoms with van der Waals surface area (Å²) >= 11 is 7.46. The summed E-state index contributed by atoms with van der Waals surface area (Å²) in [6.45, 7) is 7.52. The number of hydrogen-bond acceptors (Lipinski definition) is 1. The zero-order valence-corrected chi connectivity index (χ0v) is 14.8. The molecule has 0 aliphatic heterocycles. The van der Waals surface area contributed by atoms with Gasteiger partial charge in [-0.3, -0.25) is 4.68 Å². The molecular weight excluding hydrogens is 356 g/mol. The fourth-order valence-electron chi connectivity index (χ4n) is 2.20. The largest absolute Gasteiger partial charge is 0.268 e. The molecule has 0 saturated heterocycles. The first-order valence-corrected chi connectivity index (χ1v) is 8.72. The highest BCUT2D eigenvalue weighted by molar-refractivity contribution is 9.10. The highest BCUT2D eigenvalue weighted by atomic mass is 79.9. The number of aryl methyl sites for hydroxylation is 2. The van der Waals surface area contributed by atoms with Gasteiger partial charge in [-0.25, -0.2) is 0 Å². The van der Waals surface area contributed by atoms with E-state index in [0.717, 1.165) is 19.4 Å². The highest BCUT2D eigenvalue weighted by Crippen LogP contribution is 2.25. The second-order valence-electron chi connectivity index (χ2n) is 4.65. The monoisotopic (exact) mass is 378 g/mol. The minimum Gasteiger partial charge on any atom is -0.268 e. The molecule has 0 aromatic carbocycles. The molecule has 0 bridgehead atoms. The molecule has 1 atom stereocenters. The molecule has 1 unspecified atom stereocenters. The number of hydrogen-bond donors (Lipinski definition) is 0. The molecule has 2 nitrogen and oxygen atoms in total. The number of rotatable bonds is 8. The van der Waals surface area contributed by atoms with Gasteiger partial charge in [-0.2, -0.15) is 5.10 Å². The maximum Gasteiger partial charge on any atom is 0.0766 e. The van der Waals surface area contributed by atoms with Gasteiger partial charge >= 0.3 is 0 Å². The van der Waals surface area contributed by atoms with Gasteiger partial charge in [-0.1, -0.05) is 36.2 Å². The van der Waals surface area contributed by atoms with Gasteiger partial charge in [0.2, 0.25) is 0 Å². The van der Waals surface area contributed by atoms with Gasteiger partial charge in [0, 0.05) is 11.4 Å². The molecule has 4 heteroatoms. The van der Waals surface area contributed by atoms with Crippen molar-refractivity contribution in [3.8, 4) is 0 Å². The molecule has 0 spiro atoms. The highest BCUT2D eigenvalue weighted by Gasteiger charge is 2.13. The number of nitrogens with zero attached hydrogens (tertiary/aromatic N) is 2. The van der Waals surface area contributed by atoms with Gasteiger partial charge < -0.3 is 0 Å². The van der Waals surface area contributed by atoms with Crippen LogP contribution in [0.5, 0.6) is 0 Å². The van der Waals surface area contributed by atoms with E-state index in [0.29, 0.717) is 4.83 Å². The quantitative estimate of drug-likeness (QED) is 0.573. The number of aromatic nitrogens is 2. The van der Waals surface area contributed by atoms with Crippen molar-refractivity contribution >= 4 is 31.9 Å². The van der Waals surface area contributed by atoms with Crippen molar-refractivity contribution in [3.63, 3.8) is 0 Å². The third kappa shape index (κ3) is 4.37. The molecule has 0 N–H and O–H groups in total. The molecule has 1 heterocycles. The summed E-state index contributed by atoms with van der Waals surface area (Å²) < 4.78 is 3.37. The Balaban J connectivity index is 2.58. The van der Waals surface area contributed by atoms with Crippen molar-refractivity contribution in [3.05, 3.63) is 15.9 Å². The first kappa shape index (κ1) is 16.2. The van der Waals surface area contributed by atoms with Crippen LogP contribution in [0.2, 0.25) is 0 Å². The van der Waals surface area contributed by atoms with Gasteiger partial charge in [-0.05, 0) is 55.0 Å². The van der Waals surface area contributed by atoms with E-state index in [4.69, 9.17) is 0 Å². The first-order chi connectivity index (χ1) is 8.63. The molecule has 104 valence electrons. The summed E-state index contributed by atoms with van der Waals surface area (Å²) in [6, 6.07) is 0. The Kier molecular flexibility index (Phi) is 7.54. The Morgan fingerprint density at radius 3 is 2.50 bits per heavy atom. The lowest BCUT2D eigenvalue weighted by Gasteiger charge is -2.09. The van der Waals surface area contributed by atoms with Crippen molar-refractivity contribution < 1.29 is 0 Å². The van der Waals surface area contributed by atoms with Gasteiger partial charge in [0.1, 0.15) is 0 Å². The minimum absolute atomic E-state index is 0.671. The van der Waals surface area contributed by atoms with Crippen LogP contribution in [0.25, 0.3) is 0 Å². The van der Waals surface area contributed by atoms with Crippen molar-refractivity contribution in [2.45, 2.75) is 70.7 Å². The third-order valence-electron chi connectivity index (χ3n) is 3.23. The van der Waals surface area contributed by atoms with Crippen LogP contribution in [-0.2, 0) is 19.4 Å². The molecule has 0 amide bonds. The Morgan fingerprint density at radius 1 is 1.22 bits per heavy atom. The van der Waals surface area contributed by atoms with Crippen LogP contribution in [0.15, 0.2) is 4.47 Å². The lowest BCUT2D eigenvalue weighted by atomic mass is 10.1. The van der Waals surface area contributed by atoms with Crippen LogP contribution in [0.4, 0.5) is 0 Å². The van der Waals surface area contributed by atoms with E-state index < -0.39 is 0 Å². The van der Waals surface area contributed by atoms with E-state index in [1.807, 2.05) is 0 Å². The van der Waals surface area contributed by atoms with Gasteiger partial charge in [0.25, 0.3) is 0 Å². The van der Waals surface area contributed by atoms with Gasteiger partial charge in [0.05, 0.1) is 15.9 Å². The van der Waals surface area contributed by atoms with E-state index in [9.17, 15) is 0 Å². The molecule has 0 radical (unpaired) electrons. The average molecular weight is 380 g/mol. The lowest BCUT2D eigenvalue weighted by molar-refractivity contribution is 0.586. The van der Waals surface area contributed by atoms with Gasteiger partial charge in [-0.15, -0.1) is 0 Å². The number of alkyl halides is 1. The summed E-state index contributed by atoms with van der Waals surface area (Å²) in [4.78, 5) is 0.671. The standard InChI is InChI=1S/C14H24Br2N2/c1-4-8-11(15)9-7-10-13-14(16)12(5-2)17-18(13)6-3/h11H,4-10H2,1-3H3. The summed E-state index contributed by atoms with van der Waals surface area (Å²) in [5, 5.41) is 4.64. The summed E-state index contributed by atoms with van der Waals surface area (Å²) in [5.41, 5.74) is 2.56. The van der Waals surface area contributed by atoms with Gasteiger partial charge in [0.15, 0.2) is 0 Å². The lowest BCUT2D eigenvalue weighted by Crippen LogP contribution is -2.05. The Bertz CT molecular complexity index is 361. The SMILES string of the molecule is CCCC(Br)CCCc1c(Br)c(CC)nn1CC. The van der Waals surface area contributed by atoms with E-state index in [1.54, 1.807) is 0 Å². The zero-order valence-electron chi connectivity index (χ0n) is 11.7. The van der Waals surface area contributed by atoms with E-state index >= 15 is 0 Å². The number of halogens is 2. The third-order valence-corrected chi connectivity index (χ3v) is 5.06. The van der Waals surface area contributed by atoms with Crippen LogP contribution in [0.3, 0.4) is 0 Å². The zero-order chi connectivity index (χ0) is 13.5. The van der Waals surface area contributed by atoms with Crippen molar-refractivity contribution in [1.82, 2.24) is 9.78 Å². The summed E-state index contributed by atoms with van der Waals surface area (Å²) in [5.74, 6) is 0. The predicted octanol–water partition coefficient (Wildman–Crippen LogP) is 5.11. The molecule has 0 aliphatic rings. The summed E-state index contributed by atoms with van der Waals surface area (Å²) in [7, 11) is 0. The van der Waals surface area contributed by atoms with Crippen LogP contribution in [0, 0.1) is 0 Å². The Hall–Kier alpha value is 0.170. The molecule has 18 heavy (non-hydrogen) atoms. The molecule has 1 rings (SSSR count). The predicted molar refractivity (Wildman–Crippen MR) is 85.5 cm³/mol. The second-order valence-corrected chi connectivity index (χ2v) is 6.74. The van der Waals surface area contributed by atoms with E-state index in [2.05, 4.69) is 62.4 Å². The molecule has 0 aliphatic carbocycles. The normalized spacial score (nSPS) is 12.9. The molecule has 0 saturated carbocycles. The summed E-state index contributed by atoms with van der Waals surface area (Å²) in [6.07, 6.45) is 7.12. The molecule has 0 fully saturated rings. The Labute approximate surface area is 128 Å². The molecular formula is C14H24Br2N2. The average Bonchev–Trinajstić information content (AvgIpc) is 2.66.